The van der Waals surface area contributed by atoms with Gasteiger partial charge in [0.15, 0.2) is 0 Å². The van der Waals surface area contributed by atoms with Gasteiger partial charge in [-0.2, -0.15) is 0 Å². The number of fused-ring (bicyclic) bond motifs is 9. The van der Waals surface area contributed by atoms with Gasteiger partial charge in [-0.15, -0.1) is 0 Å². The average molecular weight is 359 g/mol. The molecule has 0 atom stereocenters. The summed E-state index contributed by atoms with van der Waals surface area (Å²) in [4.78, 5) is 0. The topological polar surface area (TPSA) is 26.0 Å². The lowest BCUT2D eigenvalue weighted by Crippen LogP contribution is -2.46. The molecule has 4 aromatic carbocycles. The van der Waals surface area contributed by atoms with Gasteiger partial charge in [0, 0.05) is 0 Å². The summed E-state index contributed by atoms with van der Waals surface area (Å²) >= 11 is 0. The van der Waals surface area contributed by atoms with Gasteiger partial charge in [0.2, 0.25) is 0 Å². The minimum Gasteiger partial charge on any atom is -0.318 e. The molecule has 0 aromatic heterocycles. The second-order valence-electron chi connectivity index (χ2n) is 8.13. The molecule has 0 unspecified atom stereocenters. The van der Waals surface area contributed by atoms with E-state index in [9.17, 15) is 0 Å². The van der Waals surface area contributed by atoms with Crippen molar-refractivity contribution in [1.82, 2.24) is 0 Å². The number of hydrogen-bond donors (Lipinski definition) is 1. The van der Waals surface area contributed by atoms with Crippen LogP contribution >= 0.6 is 0 Å². The van der Waals surface area contributed by atoms with Crippen LogP contribution in [-0.2, 0) is 11.0 Å². The predicted octanol–water partition coefficient (Wildman–Crippen LogP) is 5.59. The van der Waals surface area contributed by atoms with Gasteiger partial charge in [-0.05, 0) is 51.4 Å². The smallest absolute Gasteiger partial charge is 0.0720 e. The SMILES string of the molecule is CC1(N)c2ccccc2C2(c3ccccc3-c3ccccc32)c2ccccc21. The van der Waals surface area contributed by atoms with E-state index in [4.69, 9.17) is 5.73 Å². The lowest BCUT2D eigenvalue weighted by molar-refractivity contribution is 0.538. The molecule has 0 amide bonds. The van der Waals surface area contributed by atoms with E-state index in [1.165, 1.54) is 44.5 Å². The van der Waals surface area contributed by atoms with Gasteiger partial charge >= 0.3 is 0 Å². The molecular weight excluding hydrogens is 338 g/mol. The highest BCUT2D eigenvalue weighted by atomic mass is 14.8. The summed E-state index contributed by atoms with van der Waals surface area (Å²) in [6, 6.07) is 35.2. The van der Waals surface area contributed by atoms with Crippen molar-refractivity contribution in [3.05, 3.63) is 130 Å². The average Bonchev–Trinajstić information content (AvgIpc) is 3.04. The summed E-state index contributed by atoms with van der Waals surface area (Å²) in [5, 5.41) is 0. The Morgan fingerprint density at radius 1 is 0.464 bits per heavy atom. The molecule has 0 saturated heterocycles. The first-order valence-electron chi connectivity index (χ1n) is 9.85. The molecule has 1 nitrogen and oxygen atoms in total. The minimum atomic E-state index is -0.523. The summed E-state index contributed by atoms with van der Waals surface area (Å²) in [6.45, 7) is 2.14. The molecule has 1 heteroatoms. The van der Waals surface area contributed by atoms with E-state index in [1.54, 1.807) is 0 Å². The van der Waals surface area contributed by atoms with Crippen molar-refractivity contribution >= 4 is 0 Å². The number of hydrogen-bond acceptors (Lipinski definition) is 1. The van der Waals surface area contributed by atoms with E-state index in [0.29, 0.717) is 0 Å². The Labute approximate surface area is 165 Å². The van der Waals surface area contributed by atoms with Crippen LogP contribution in [0, 0.1) is 0 Å². The standard InChI is InChI=1S/C27H21N/c1-26(28)22-14-6-8-16-24(22)27(25-17-9-7-15-23(25)26)20-12-4-2-10-18(20)19-11-3-5-13-21(19)27/h2-17H,28H2,1H3. The monoisotopic (exact) mass is 359 g/mol. The Bertz CT molecular complexity index is 1150. The number of rotatable bonds is 0. The fraction of sp³-hybridized carbons (Fsp3) is 0.111. The zero-order valence-electron chi connectivity index (χ0n) is 15.8. The van der Waals surface area contributed by atoms with Gasteiger partial charge in [-0.3, -0.25) is 0 Å². The van der Waals surface area contributed by atoms with Gasteiger partial charge in [0.1, 0.15) is 0 Å². The maximum absolute atomic E-state index is 6.99. The van der Waals surface area contributed by atoms with Crippen molar-refractivity contribution in [3.8, 4) is 11.1 Å². The summed E-state index contributed by atoms with van der Waals surface area (Å²) in [7, 11) is 0. The molecule has 0 heterocycles. The molecule has 6 rings (SSSR count). The first-order valence-corrected chi connectivity index (χ1v) is 9.85. The zero-order valence-corrected chi connectivity index (χ0v) is 15.8. The van der Waals surface area contributed by atoms with Crippen molar-refractivity contribution in [2.75, 3.05) is 0 Å². The fourth-order valence-corrected chi connectivity index (χ4v) is 5.63. The fourth-order valence-electron chi connectivity index (χ4n) is 5.63. The molecule has 2 aliphatic carbocycles. The Morgan fingerprint density at radius 3 is 1.21 bits per heavy atom. The van der Waals surface area contributed by atoms with E-state index in [0.717, 1.165) is 0 Å². The molecule has 0 radical (unpaired) electrons. The maximum Gasteiger partial charge on any atom is 0.0720 e. The van der Waals surface area contributed by atoms with E-state index in [2.05, 4.69) is 104 Å². The Kier molecular flexibility index (Phi) is 2.95. The number of nitrogens with two attached hydrogens (primary N) is 1. The van der Waals surface area contributed by atoms with Crippen molar-refractivity contribution in [2.24, 2.45) is 5.73 Å². The van der Waals surface area contributed by atoms with Crippen molar-refractivity contribution in [3.63, 3.8) is 0 Å². The first kappa shape index (κ1) is 15.9. The van der Waals surface area contributed by atoms with E-state index in [1.807, 2.05) is 0 Å². The normalized spacial score (nSPS) is 16.8. The summed E-state index contributed by atoms with van der Waals surface area (Å²) in [6.07, 6.45) is 0. The molecule has 2 aliphatic rings. The summed E-state index contributed by atoms with van der Waals surface area (Å²) in [5.74, 6) is 0. The largest absolute Gasteiger partial charge is 0.318 e. The highest BCUT2D eigenvalue weighted by Gasteiger charge is 2.53. The van der Waals surface area contributed by atoms with Crippen LogP contribution in [0.1, 0.15) is 40.3 Å². The van der Waals surface area contributed by atoms with Crippen LogP contribution in [-0.4, -0.2) is 0 Å². The Hall–Kier alpha value is -3.16. The second kappa shape index (κ2) is 5.21. The highest BCUT2D eigenvalue weighted by Crippen LogP contribution is 2.60. The first-order chi connectivity index (χ1) is 13.7. The summed E-state index contributed by atoms with van der Waals surface area (Å²) in [5.41, 5.74) is 16.5. The van der Waals surface area contributed by atoms with Crippen LogP contribution in [0.25, 0.3) is 11.1 Å². The van der Waals surface area contributed by atoms with E-state index >= 15 is 0 Å². The van der Waals surface area contributed by atoms with Gasteiger partial charge < -0.3 is 5.73 Å². The third kappa shape index (κ3) is 1.67. The molecule has 2 N–H and O–H groups in total. The third-order valence-electron chi connectivity index (χ3n) is 6.73. The molecular formula is C27H21N. The minimum absolute atomic E-state index is 0.320. The van der Waals surface area contributed by atoms with Crippen molar-refractivity contribution in [1.29, 1.82) is 0 Å². The van der Waals surface area contributed by atoms with Gasteiger partial charge in [0.05, 0.1) is 11.0 Å². The van der Waals surface area contributed by atoms with Crippen LogP contribution in [0.3, 0.4) is 0 Å². The molecule has 0 fully saturated rings. The molecule has 0 aliphatic heterocycles. The van der Waals surface area contributed by atoms with E-state index in [-0.39, 0.29) is 5.41 Å². The quantitative estimate of drug-likeness (QED) is 0.383. The molecule has 0 saturated carbocycles. The van der Waals surface area contributed by atoms with Crippen LogP contribution in [0.15, 0.2) is 97.1 Å². The van der Waals surface area contributed by atoms with Gasteiger partial charge in [0.25, 0.3) is 0 Å². The van der Waals surface area contributed by atoms with Crippen molar-refractivity contribution < 1.29 is 0 Å². The lowest BCUT2D eigenvalue weighted by atomic mass is 9.57. The molecule has 134 valence electrons. The highest BCUT2D eigenvalue weighted by molar-refractivity contribution is 5.88. The second-order valence-corrected chi connectivity index (χ2v) is 8.13. The summed E-state index contributed by atoms with van der Waals surface area (Å²) < 4.78 is 0. The molecule has 28 heavy (non-hydrogen) atoms. The van der Waals surface area contributed by atoms with Crippen LogP contribution in [0.4, 0.5) is 0 Å². The lowest BCUT2D eigenvalue weighted by Gasteiger charge is -2.46. The Balaban J connectivity index is 1.89. The van der Waals surface area contributed by atoms with Gasteiger partial charge in [-0.25, -0.2) is 0 Å². The third-order valence-corrected chi connectivity index (χ3v) is 6.73. The van der Waals surface area contributed by atoms with Gasteiger partial charge in [-0.1, -0.05) is 97.1 Å². The molecule has 4 aromatic rings. The maximum atomic E-state index is 6.99. The molecule has 0 bridgehead atoms. The predicted molar refractivity (Wildman–Crippen MR) is 114 cm³/mol. The van der Waals surface area contributed by atoms with Crippen LogP contribution in [0.2, 0.25) is 0 Å². The van der Waals surface area contributed by atoms with E-state index < -0.39 is 5.54 Å². The molecule has 1 spiro atoms. The Morgan fingerprint density at radius 2 is 0.786 bits per heavy atom. The van der Waals surface area contributed by atoms with Crippen LogP contribution < -0.4 is 5.73 Å². The zero-order chi connectivity index (χ0) is 18.9. The van der Waals surface area contributed by atoms with Crippen molar-refractivity contribution in [2.45, 2.75) is 17.9 Å². The number of benzene rings is 4. The van der Waals surface area contributed by atoms with Crippen LogP contribution in [0.5, 0.6) is 0 Å².